The Kier molecular flexibility index (Phi) is 9.02. The molecule has 0 aromatic heterocycles. The van der Waals surface area contributed by atoms with Gasteiger partial charge >= 0.3 is 11.9 Å². The van der Waals surface area contributed by atoms with Gasteiger partial charge in [0.1, 0.15) is 16.4 Å². The van der Waals surface area contributed by atoms with Crippen LogP contribution in [-0.2, 0) is 10.1 Å². The molecule has 0 unspecified atom stereocenters. The lowest BCUT2D eigenvalue weighted by Gasteiger charge is -2.13. The van der Waals surface area contributed by atoms with Crippen molar-refractivity contribution >= 4 is 126 Å². The maximum Gasteiger partial charge on any atom is 0.345 e. The molecule has 0 bridgehead atoms. The first-order valence-electron chi connectivity index (χ1n) is 9.94. The first kappa shape index (κ1) is 28.9. The summed E-state index contributed by atoms with van der Waals surface area (Å²) < 4.78 is 46.1. The molecular weight excluding hydrogens is 926 g/mol. The Hall–Kier alpha value is -1.11. The minimum Gasteiger partial charge on any atom is -0.423 e. The molecule has 0 atom stereocenters. The molecule has 4 aromatic rings. The molecule has 0 saturated heterocycles. The van der Waals surface area contributed by atoms with Gasteiger partial charge in [0.2, 0.25) is 0 Å². The lowest BCUT2D eigenvalue weighted by molar-refractivity contribution is 0.0730. The van der Waals surface area contributed by atoms with Crippen LogP contribution in [0.3, 0.4) is 0 Å². The quantitative estimate of drug-likeness (QED) is 0.0936. The summed E-state index contributed by atoms with van der Waals surface area (Å²) in [5, 5.41) is 1.01. The van der Waals surface area contributed by atoms with Gasteiger partial charge in [0.25, 0.3) is 10.1 Å². The molecule has 0 fully saturated rings. The summed E-state index contributed by atoms with van der Waals surface area (Å²) in [6.45, 7) is 0. The van der Waals surface area contributed by atoms with Crippen molar-refractivity contribution in [3.63, 3.8) is 0 Å². The van der Waals surface area contributed by atoms with Crippen LogP contribution in [0.1, 0.15) is 20.7 Å². The van der Waals surface area contributed by atoms with Gasteiger partial charge in [-0.15, -0.1) is 0 Å². The number of halogens is 5. The lowest BCUT2D eigenvalue weighted by Crippen LogP contribution is -2.13. The van der Waals surface area contributed by atoms with E-state index < -0.39 is 22.1 Å². The van der Waals surface area contributed by atoms with E-state index >= 15 is 0 Å². The number of carbonyl (C=O) groups is 2. The third kappa shape index (κ3) is 6.38. The summed E-state index contributed by atoms with van der Waals surface area (Å²) in [4.78, 5) is 25.8. The summed E-state index contributed by atoms with van der Waals surface area (Å²) in [6.07, 6.45) is 0. The van der Waals surface area contributed by atoms with E-state index in [2.05, 4.69) is 47.8 Å². The van der Waals surface area contributed by atoms with Gasteiger partial charge in [0, 0.05) is 25.9 Å². The zero-order chi connectivity index (χ0) is 27.1. The van der Waals surface area contributed by atoms with E-state index in [0.29, 0.717) is 25.3 Å². The number of benzene rings is 4. The fourth-order valence-electron chi connectivity index (χ4n) is 3.43. The van der Waals surface area contributed by atoms with Crippen LogP contribution >= 0.6 is 93.0 Å². The molecule has 0 aliphatic heterocycles. The normalized spacial score (nSPS) is 11.4. The van der Waals surface area contributed by atoms with Crippen molar-refractivity contribution in [2.75, 3.05) is 0 Å². The second-order valence-electron chi connectivity index (χ2n) is 7.37. The van der Waals surface area contributed by atoms with Crippen molar-refractivity contribution in [1.82, 2.24) is 0 Å². The van der Waals surface area contributed by atoms with Crippen LogP contribution < -0.4 is 9.47 Å². The van der Waals surface area contributed by atoms with Crippen LogP contribution in [0.25, 0.3) is 10.8 Å². The maximum atomic E-state index is 13.1. The van der Waals surface area contributed by atoms with Gasteiger partial charge in [-0.05, 0) is 119 Å². The van der Waals surface area contributed by atoms with Crippen molar-refractivity contribution in [2.24, 2.45) is 0 Å². The standard InChI is InChI=1S/C24H11Br3I2O7S/c25-11-7-16(26)21(17(27)8-11)24(31)36-20-6-5-15(13-3-1-2-4-14(13)20)23(30)35-12-9-18(28)22(19(29)10-12)37(32,33)34/h1-10H,(H,32,33,34). The minimum absolute atomic E-state index is 0.107. The summed E-state index contributed by atoms with van der Waals surface area (Å²) >= 11 is 13.6. The molecule has 0 spiro atoms. The topological polar surface area (TPSA) is 107 Å². The molecule has 37 heavy (non-hydrogen) atoms. The third-order valence-corrected chi connectivity index (χ3v) is 10.1. The second kappa shape index (κ2) is 11.6. The predicted molar refractivity (Wildman–Crippen MR) is 165 cm³/mol. The van der Waals surface area contributed by atoms with Crippen LogP contribution in [0.2, 0.25) is 0 Å². The van der Waals surface area contributed by atoms with E-state index in [-0.39, 0.29) is 29.1 Å². The molecule has 1 N–H and O–H groups in total. The summed E-state index contributed by atoms with van der Waals surface area (Å²) in [5.41, 5.74) is 0.513. The first-order valence-corrected chi connectivity index (χ1v) is 15.9. The molecule has 0 amide bonds. The van der Waals surface area contributed by atoms with Gasteiger partial charge in [0.15, 0.2) is 0 Å². The minimum atomic E-state index is -4.44. The number of hydrogen-bond donors (Lipinski definition) is 1. The van der Waals surface area contributed by atoms with Gasteiger partial charge in [-0.2, -0.15) is 8.42 Å². The van der Waals surface area contributed by atoms with Crippen LogP contribution in [0.5, 0.6) is 11.5 Å². The van der Waals surface area contributed by atoms with Gasteiger partial charge in [-0.1, -0.05) is 40.2 Å². The number of ether oxygens (including phenoxy) is 2. The molecule has 190 valence electrons. The molecule has 4 rings (SSSR count). The number of fused-ring (bicyclic) bond motifs is 1. The second-order valence-corrected chi connectivity index (χ2v) is 13.7. The largest absolute Gasteiger partial charge is 0.423 e. The average molecular weight is 937 g/mol. The number of hydrogen-bond acceptors (Lipinski definition) is 6. The molecule has 0 heterocycles. The Labute approximate surface area is 263 Å². The smallest absolute Gasteiger partial charge is 0.345 e. The Bertz CT molecular complexity index is 1660. The molecule has 0 saturated carbocycles. The summed E-state index contributed by atoms with van der Waals surface area (Å²) in [6, 6.07) is 16.0. The zero-order valence-electron chi connectivity index (χ0n) is 18.0. The Balaban J connectivity index is 1.68. The van der Waals surface area contributed by atoms with Crippen molar-refractivity contribution in [2.45, 2.75) is 4.90 Å². The molecule has 0 aliphatic rings. The van der Waals surface area contributed by atoms with E-state index in [1.54, 1.807) is 81.6 Å². The lowest BCUT2D eigenvalue weighted by atomic mass is 10.0. The monoisotopic (exact) mass is 934 g/mol. The third-order valence-electron chi connectivity index (χ3n) is 4.96. The zero-order valence-corrected chi connectivity index (χ0v) is 27.9. The highest BCUT2D eigenvalue weighted by Gasteiger charge is 2.23. The van der Waals surface area contributed by atoms with Crippen LogP contribution in [0.4, 0.5) is 0 Å². The van der Waals surface area contributed by atoms with Gasteiger partial charge in [-0.25, -0.2) is 9.59 Å². The van der Waals surface area contributed by atoms with E-state index in [1.165, 1.54) is 24.3 Å². The maximum absolute atomic E-state index is 13.1. The van der Waals surface area contributed by atoms with Crippen LogP contribution in [0, 0.1) is 7.14 Å². The highest BCUT2D eigenvalue weighted by molar-refractivity contribution is 14.1. The van der Waals surface area contributed by atoms with Crippen molar-refractivity contribution in [1.29, 1.82) is 0 Å². The molecule has 0 radical (unpaired) electrons. The van der Waals surface area contributed by atoms with Crippen molar-refractivity contribution in [3.05, 3.63) is 92.3 Å². The highest BCUT2D eigenvalue weighted by atomic mass is 127. The number of carbonyl (C=O) groups excluding carboxylic acids is 2. The Morgan fingerprint density at radius 1 is 0.784 bits per heavy atom. The van der Waals surface area contributed by atoms with E-state index in [0.717, 1.165) is 4.47 Å². The Morgan fingerprint density at radius 3 is 1.92 bits per heavy atom. The SMILES string of the molecule is O=C(Oc1ccc(C(=O)Oc2cc(I)c(S(=O)(=O)O)c(I)c2)c2ccccc12)c1c(Br)cc(Br)cc1Br. The highest BCUT2D eigenvalue weighted by Crippen LogP contribution is 2.34. The summed E-state index contributed by atoms with van der Waals surface area (Å²) in [5.74, 6) is -0.940. The van der Waals surface area contributed by atoms with Gasteiger partial charge in [0.05, 0.1) is 11.1 Å². The average Bonchev–Trinajstić information content (AvgIpc) is 2.77. The van der Waals surface area contributed by atoms with Gasteiger partial charge in [-0.3, -0.25) is 4.55 Å². The van der Waals surface area contributed by atoms with E-state index in [4.69, 9.17) is 9.47 Å². The van der Waals surface area contributed by atoms with Crippen LogP contribution in [0.15, 0.2) is 79.0 Å². The molecule has 4 aromatic carbocycles. The first-order chi connectivity index (χ1) is 17.4. The fraction of sp³-hybridized carbons (Fsp3) is 0. The molecule has 7 nitrogen and oxygen atoms in total. The van der Waals surface area contributed by atoms with E-state index in [1.807, 2.05) is 0 Å². The fourth-order valence-corrected chi connectivity index (χ4v) is 10.0. The Morgan fingerprint density at radius 2 is 1.35 bits per heavy atom. The predicted octanol–water partition coefficient (Wildman–Crippen LogP) is 8.02. The number of esters is 2. The molecule has 0 aliphatic carbocycles. The molecular formula is C24H11Br3I2O7S. The summed E-state index contributed by atoms with van der Waals surface area (Å²) in [7, 11) is -4.44. The van der Waals surface area contributed by atoms with Crippen molar-refractivity contribution < 1.29 is 32.0 Å². The van der Waals surface area contributed by atoms with Gasteiger partial charge < -0.3 is 9.47 Å². The van der Waals surface area contributed by atoms with Crippen LogP contribution in [-0.4, -0.2) is 24.9 Å². The number of rotatable bonds is 5. The molecule has 13 heteroatoms. The van der Waals surface area contributed by atoms with E-state index in [9.17, 15) is 22.6 Å². The van der Waals surface area contributed by atoms with Crippen molar-refractivity contribution in [3.8, 4) is 11.5 Å².